The maximum absolute atomic E-state index is 13.0. The zero-order valence-corrected chi connectivity index (χ0v) is 28.2. The van der Waals surface area contributed by atoms with E-state index in [4.69, 9.17) is 4.74 Å². The predicted octanol–water partition coefficient (Wildman–Crippen LogP) is 8.77. The molecule has 0 saturated heterocycles. The van der Waals surface area contributed by atoms with Crippen molar-refractivity contribution in [2.24, 2.45) is 56.7 Å². The van der Waals surface area contributed by atoms with Gasteiger partial charge in [-0.05, 0) is 141 Å². The fourth-order valence-electron chi connectivity index (χ4n) is 12.7. The van der Waals surface area contributed by atoms with Crippen LogP contribution in [-0.4, -0.2) is 33.4 Å². The Morgan fingerprint density at radius 1 is 0.867 bits per heavy atom. The van der Waals surface area contributed by atoms with Gasteiger partial charge in [0.15, 0.2) is 11.5 Å². The van der Waals surface area contributed by atoms with Gasteiger partial charge >= 0.3 is 11.9 Å². The molecule has 0 heterocycles. The molecule has 1 aromatic rings. The van der Waals surface area contributed by atoms with Crippen molar-refractivity contribution in [1.29, 1.82) is 0 Å². The molecule has 0 aliphatic heterocycles. The van der Waals surface area contributed by atoms with Crippen LogP contribution in [0.5, 0.6) is 11.5 Å². The van der Waals surface area contributed by atoms with E-state index in [1.54, 1.807) is 12.1 Å². The van der Waals surface area contributed by atoms with Gasteiger partial charge < -0.3 is 20.1 Å². The topological polar surface area (TPSA) is 104 Å². The van der Waals surface area contributed by atoms with Gasteiger partial charge in [-0.25, -0.2) is 4.79 Å². The number of carbonyl (C=O) groups is 2. The predicted molar refractivity (Wildman–Crippen MR) is 175 cm³/mol. The van der Waals surface area contributed by atoms with Crippen molar-refractivity contribution in [1.82, 2.24) is 0 Å². The average Bonchev–Trinajstić information content (AvgIpc) is 3.37. The Morgan fingerprint density at radius 2 is 1.60 bits per heavy atom. The minimum Gasteiger partial charge on any atom is -0.504 e. The third-order valence-electron chi connectivity index (χ3n) is 15.1. The molecule has 0 radical (unpaired) electrons. The van der Waals surface area contributed by atoms with Gasteiger partial charge in [0.2, 0.25) is 0 Å². The minimum atomic E-state index is -0.598. The smallest absolute Gasteiger partial charge is 0.331 e. The van der Waals surface area contributed by atoms with E-state index in [2.05, 4.69) is 48.1 Å². The second-order valence-corrected chi connectivity index (χ2v) is 17.0. The first kappa shape index (κ1) is 32.2. The van der Waals surface area contributed by atoms with Crippen molar-refractivity contribution in [2.45, 2.75) is 112 Å². The summed E-state index contributed by atoms with van der Waals surface area (Å²) < 4.78 is 6.16. The Labute approximate surface area is 269 Å². The largest absolute Gasteiger partial charge is 0.504 e. The highest BCUT2D eigenvalue weighted by molar-refractivity contribution is 5.87. The molecule has 0 spiro atoms. The number of esters is 1. The number of aromatic hydroxyl groups is 2. The lowest BCUT2D eigenvalue weighted by atomic mass is 9.32. The van der Waals surface area contributed by atoms with E-state index < -0.39 is 11.4 Å². The molecule has 6 nitrogen and oxygen atoms in total. The van der Waals surface area contributed by atoms with Crippen molar-refractivity contribution in [2.75, 3.05) is 0 Å². The number of carbonyl (C=O) groups excluding carboxylic acids is 1. The van der Waals surface area contributed by atoms with Crippen LogP contribution in [-0.2, 0) is 14.3 Å². The number of carboxylic acids is 1. The van der Waals surface area contributed by atoms with Crippen LogP contribution in [0.15, 0.2) is 36.4 Å². The number of phenolic OH excluding ortho intramolecular Hbond substituents is 2. The Bertz CT molecular complexity index is 1430. The molecule has 45 heavy (non-hydrogen) atoms. The number of aliphatic carboxylic acids is 1. The number of hydrogen-bond donors (Lipinski definition) is 3. The van der Waals surface area contributed by atoms with Gasteiger partial charge in [0.05, 0.1) is 5.41 Å². The summed E-state index contributed by atoms with van der Waals surface area (Å²) in [4.78, 5) is 25.9. The molecule has 5 fully saturated rings. The number of benzene rings is 1. The summed E-state index contributed by atoms with van der Waals surface area (Å²) in [7, 11) is 0. The van der Waals surface area contributed by atoms with E-state index >= 15 is 0 Å². The van der Waals surface area contributed by atoms with Crippen LogP contribution in [0.3, 0.4) is 0 Å². The molecule has 3 N–H and O–H groups in total. The first-order valence-electron chi connectivity index (χ1n) is 17.3. The van der Waals surface area contributed by atoms with Crippen LogP contribution in [0.4, 0.5) is 0 Å². The van der Waals surface area contributed by atoms with E-state index in [0.29, 0.717) is 29.2 Å². The van der Waals surface area contributed by atoms with Gasteiger partial charge in [-0.2, -0.15) is 0 Å². The van der Waals surface area contributed by atoms with Gasteiger partial charge in [-0.3, -0.25) is 4.79 Å². The molecule has 5 aliphatic carbocycles. The average molecular weight is 619 g/mol. The lowest BCUT2D eigenvalue weighted by molar-refractivity contribution is -0.250. The number of phenols is 2. The van der Waals surface area contributed by atoms with E-state index in [1.807, 2.05) is 0 Å². The van der Waals surface area contributed by atoms with Crippen molar-refractivity contribution in [3.63, 3.8) is 0 Å². The molecule has 6 rings (SSSR count). The number of carboxylic acid groups (broad SMARTS) is 1. The van der Waals surface area contributed by atoms with Crippen molar-refractivity contribution in [3.05, 3.63) is 42.0 Å². The third-order valence-corrected chi connectivity index (χ3v) is 15.1. The number of rotatable bonds is 5. The molecular weight excluding hydrogens is 564 g/mol. The first-order chi connectivity index (χ1) is 21.0. The summed E-state index contributed by atoms with van der Waals surface area (Å²) in [6, 6.07) is 4.46. The van der Waals surface area contributed by atoms with Crippen molar-refractivity contribution < 1.29 is 29.6 Å². The molecule has 10 atom stereocenters. The Morgan fingerprint density at radius 3 is 2.27 bits per heavy atom. The van der Waals surface area contributed by atoms with E-state index in [9.17, 15) is 24.9 Å². The van der Waals surface area contributed by atoms with Gasteiger partial charge in [0, 0.05) is 11.5 Å². The molecule has 246 valence electrons. The zero-order valence-electron chi connectivity index (χ0n) is 28.2. The number of hydrogen-bond acceptors (Lipinski definition) is 5. The van der Waals surface area contributed by atoms with Gasteiger partial charge in [0.1, 0.15) is 6.10 Å². The SMILES string of the molecule is C=C(C)[C@@H]1CC[C@]2(C(=O)O)CC[C@]3(C)C(CCC4[C@@]5(C)CC[C@H](OC(=O)/C=C/c6ccc(O)c(O)c6)C(C)(C)[C@@H]5CC[C@]43C)C12. The van der Waals surface area contributed by atoms with Crippen LogP contribution < -0.4 is 0 Å². The summed E-state index contributed by atoms with van der Waals surface area (Å²) in [5.41, 5.74) is 1.34. The highest BCUT2D eigenvalue weighted by atomic mass is 16.5. The molecule has 0 bridgehead atoms. The lowest BCUT2D eigenvalue weighted by Crippen LogP contribution is -2.67. The second-order valence-electron chi connectivity index (χ2n) is 17.0. The normalized spacial score (nSPS) is 43.4. The molecular formula is C39H54O6. The highest BCUT2D eigenvalue weighted by Crippen LogP contribution is 2.77. The monoisotopic (exact) mass is 618 g/mol. The summed E-state index contributed by atoms with van der Waals surface area (Å²) in [6.45, 7) is 18.7. The van der Waals surface area contributed by atoms with Gasteiger partial charge in [-0.15, -0.1) is 0 Å². The third kappa shape index (κ3) is 4.54. The fraction of sp³-hybridized carbons (Fsp3) is 0.692. The second kappa shape index (κ2) is 10.6. The van der Waals surface area contributed by atoms with Crippen molar-refractivity contribution >= 4 is 18.0 Å². The van der Waals surface area contributed by atoms with Crippen molar-refractivity contribution in [3.8, 4) is 11.5 Å². The zero-order chi connectivity index (χ0) is 32.7. The highest BCUT2D eigenvalue weighted by Gasteiger charge is 2.72. The van der Waals surface area contributed by atoms with Crippen LogP contribution in [0.25, 0.3) is 6.08 Å². The van der Waals surface area contributed by atoms with Gasteiger partial charge in [-0.1, -0.05) is 52.8 Å². The summed E-state index contributed by atoms with van der Waals surface area (Å²) in [5.74, 6) is 0.473. The molecule has 0 aromatic heterocycles. The van der Waals surface area contributed by atoms with Gasteiger partial charge in [0.25, 0.3) is 0 Å². The Hall–Kier alpha value is -2.76. The molecule has 1 aromatic carbocycles. The van der Waals surface area contributed by atoms with E-state index in [-0.39, 0.29) is 51.2 Å². The Balaban J connectivity index is 1.23. The number of allylic oxidation sites excluding steroid dienone is 1. The lowest BCUT2D eigenvalue weighted by Gasteiger charge is -2.72. The van der Waals surface area contributed by atoms with Crippen LogP contribution in [0.1, 0.15) is 111 Å². The maximum Gasteiger partial charge on any atom is 0.331 e. The molecule has 5 aliphatic rings. The summed E-state index contributed by atoms with van der Waals surface area (Å²) >= 11 is 0. The maximum atomic E-state index is 13.0. The van der Waals surface area contributed by atoms with Crippen LogP contribution in [0, 0.1) is 56.7 Å². The van der Waals surface area contributed by atoms with Crippen LogP contribution >= 0.6 is 0 Å². The van der Waals surface area contributed by atoms with E-state index in [1.165, 1.54) is 23.8 Å². The van der Waals surface area contributed by atoms with E-state index in [0.717, 1.165) is 64.2 Å². The Kier molecular flexibility index (Phi) is 7.61. The minimum absolute atomic E-state index is 0.0898. The quantitative estimate of drug-likeness (QED) is 0.132. The molecule has 6 heteroatoms. The number of fused-ring (bicyclic) bond motifs is 7. The molecule has 5 saturated carbocycles. The standard InChI is InChI=1S/C39H54O6/c1-23(2)25-14-19-39(34(43)44)21-20-37(6)26(33(25)39)10-12-30-36(5)17-16-31(35(3,4)29(36)15-18-38(30,37)7)45-32(42)13-9-24-8-11-27(40)28(41)22-24/h8-9,11,13,22,25-26,29-31,33,40-41H,1,10,12,14-21H2,2-7H3,(H,43,44)/b13-9+/t25-,26?,29-,30?,31-,33?,36-,37+,38+,39-/m0/s1. The summed E-state index contributed by atoms with van der Waals surface area (Å²) in [5, 5.41) is 30.0. The van der Waals surface area contributed by atoms with Crippen LogP contribution in [0.2, 0.25) is 0 Å². The summed E-state index contributed by atoms with van der Waals surface area (Å²) in [6.07, 6.45) is 12.7. The molecule has 0 amide bonds. The fourth-order valence-corrected chi connectivity index (χ4v) is 12.7. The number of ether oxygens (including phenoxy) is 1. The first-order valence-corrected chi connectivity index (χ1v) is 17.3. The molecule has 3 unspecified atom stereocenters.